The first-order chi connectivity index (χ1) is 37.3. The van der Waals surface area contributed by atoms with E-state index in [9.17, 15) is 0 Å². The maximum atomic E-state index is 5.28. The minimum atomic E-state index is 0.215. The number of fused-ring (bicyclic) bond motifs is 5. The van der Waals surface area contributed by atoms with E-state index in [1.807, 2.05) is 59.1 Å². The molecule has 1 aliphatic carbocycles. The molecule has 1 unspecified atom stereocenters. The molecular formula is C68H56N6S2+2. The molecule has 0 saturated carbocycles. The van der Waals surface area contributed by atoms with E-state index in [-0.39, 0.29) is 5.92 Å². The Hall–Kier alpha value is -8.43. The van der Waals surface area contributed by atoms with Gasteiger partial charge in [-0.05, 0) is 138 Å². The van der Waals surface area contributed by atoms with Crippen LogP contribution < -0.4 is 19.6 Å². The van der Waals surface area contributed by atoms with Crippen molar-refractivity contribution in [3.8, 4) is 61.7 Å². The molecule has 0 spiro atoms. The van der Waals surface area contributed by atoms with E-state index in [0.29, 0.717) is 17.6 Å². The molecule has 6 aromatic heterocycles. The summed E-state index contributed by atoms with van der Waals surface area (Å²) in [6.45, 7) is 4.62. The Balaban J connectivity index is 0.918. The summed E-state index contributed by atoms with van der Waals surface area (Å²) >= 11 is 3.87. The van der Waals surface area contributed by atoms with E-state index >= 15 is 0 Å². The molecule has 0 radical (unpaired) electrons. The Morgan fingerprint density at radius 1 is 0.566 bits per heavy atom. The van der Waals surface area contributed by atoms with Crippen LogP contribution in [0.3, 0.4) is 0 Å². The number of aromatic nitrogens is 6. The molecule has 8 heteroatoms. The molecule has 0 bridgehead atoms. The number of hydrogen-bond acceptors (Lipinski definition) is 5. The lowest BCUT2D eigenvalue weighted by Crippen LogP contribution is -2.30. The van der Waals surface area contributed by atoms with Gasteiger partial charge in [0.1, 0.15) is 14.1 Å². The Bertz CT molecular complexity index is 4210. The van der Waals surface area contributed by atoms with Crippen LogP contribution in [-0.2, 0) is 26.9 Å². The molecule has 76 heavy (non-hydrogen) atoms. The van der Waals surface area contributed by atoms with Crippen molar-refractivity contribution in [3.63, 3.8) is 0 Å². The first-order valence-electron chi connectivity index (χ1n) is 26.3. The smallest absolute Gasteiger partial charge is 0.238 e. The van der Waals surface area contributed by atoms with Crippen LogP contribution in [-0.4, -0.2) is 19.5 Å². The molecule has 12 aromatic rings. The van der Waals surface area contributed by atoms with Crippen LogP contribution in [0, 0.1) is 13.8 Å². The van der Waals surface area contributed by atoms with E-state index in [1.165, 1.54) is 90.9 Å². The van der Waals surface area contributed by atoms with E-state index in [4.69, 9.17) is 15.0 Å². The third-order valence-corrected chi connectivity index (χ3v) is 17.9. The third kappa shape index (κ3) is 8.77. The quantitative estimate of drug-likeness (QED) is 0.121. The SMILES string of the molecule is Cc1c(CCC(c2cc3sc(-c4ccc5c(c4)c4c(n5-c5nc(-c6ccccc6)nc(-c6ccccc6)n5)C=c5ccccc5=CCC4)cc3s2)c2cccc(-c3cccc[n+]3C)c2C)cccc1-c1cccc[n+]1C. The van der Waals surface area contributed by atoms with Crippen molar-refractivity contribution in [2.75, 3.05) is 0 Å². The van der Waals surface area contributed by atoms with Crippen LogP contribution in [0.4, 0.5) is 0 Å². The maximum absolute atomic E-state index is 5.28. The molecule has 0 aliphatic heterocycles. The van der Waals surface area contributed by atoms with Gasteiger partial charge in [0.05, 0.1) is 11.2 Å². The second-order valence-corrected chi connectivity index (χ2v) is 22.2. The minimum Gasteiger partial charge on any atom is -0.278 e. The van der Waals surface area contributed by atoms with Gasteiger partial charge in [0.2, 0.25) is 17.3 Å². The molecule has 6 heterocycles. The van der Waals surface area contributed by atoms with Crippen molar-refractivity contribution < 1.29 is 9.13 Å². The molecule has 0 N–H and O–H groups in total. The molecule has 1 aliphatic rings. The van der Waals surface area contributed by atoms with Crippen LogP contribution in [0.1, 0.15) is 57.1 Å². The van der Waals surface area contributed by atoms with Gasteiger partial charge >= 0.3 is 0 Å². The van der Waals surface area contributed by atoms with Gasteiger partial charge in [-0.3, -0.25) is 4.57 Å². The summed E-state index contributed by atoms with van der Waals surface area (Å²) < 4.78 is 9.40. The summed E-state index contributed by atoms with van der Waals surface area (Å²) in [4.78, 5) is 18.3. The average molecular weight is 1020 g/mol. The Morgan fingerprint density at radius 2 is 1.20 bits per heavy atom. The molecule has 0 amide bonds. The molecule has 6 aromatic carbocycles. The minimum absolute atomic E-state index is 0.215. The summed E-state index contributed by atoms with van der Waals surface area (Å²) in [5.41, 5.74) is 17.1. The lowest BCUT2D eigenvalue weighted by atomic mass is 9.85. The van der Waals surface area contributed by atoms with Gasteiger partial charge < -0.3 is 0 Å². The van der Waals surface area contributed by atoms with Gasteiger partial charge in [0, 0.05) is 77.0 Å². The van der Waals surface area contributed by atoms with Crippen molar-refractivity contribution in [2.24, 2.45) is 14.1 Å². The van der Waals surface area contributed by atoms with Gasteiger partial charge in [0.15, 0.2) is 24.0 Å². The zero-order valence-corrected chi connectivity index (χ0v) is 44.7. The maximum Gasteiger partial charge on any atom is 0.238 e. The molecule has 368 valence electrons. The number of rotatable bonds is 11. The first kappa shape index (κ1) is 47.3. The van der Waals surface area contributed by atoms with Gasteiger partial charge in [-0.1, -0.05) is 121 Å². The van der Waals surface area contributed by atoms with Crippen molar-refractivity contribution in [1.29, 1.82) is 0 Å². The number of thiophene rings is 2. The summed E-state index contributed by atoms with van der Waals surface area (Å²) in [5, 5.41) is 3.65. The van der Waals surface area contributed by atoms with Crippen LogP contribution in [0.2, 0.25) is 0 Å². The number of hydrogen-bond donors (Lipinski definition) is 0. The third-order valence-electron chi connectivity index (χ3n) is 15.5. The zero-order chi connectivity index (χ0) is 51.3. The van der Waals surface area contributed by atoms with Crippen LogP contribution in [0.5, 0.6) is 0 Å². The number of pyridine rings is 2. The lowest BCUT2D eigenvalue weighted by Gasteiger charge is -2.21. The van der Waals surface area contributed by atoms with E-state index in [2.05, 4.69) is 218 Å². The monoisotopic (exact) mass is 1020 g/mol. The summed E-state index contributed by atoms with van der Waals surface area (Å²) in [7, 11) is 4.28. The van der Waals surface area contributed by atoms with E-state index in [1.54, 1.807) is 0 Å². The predicted molar refractivity (Wildman–Crippen MR) is 314 cm³/mol. The largest absolute Gasteiger partial charge is 0.278 e. The fourth-order valence-electron chi connectivity index (χ4n) is 11.5. The lowest BCUT2D eigenvalue weighted by molar-refractivity contribution is -0.660. The average Bonchev–Trinajstić information content (AvgIpc) is 4.15. The Morgan fingerprint density at radius 3 is 1.88 bits per heavy atom. The Kier molecular flexibility index (Phi) is 12.5. The van der Waals surface area contributed by atoms with Crippen LogP contribution >= 0.6 is 22.7 Å². The highest BCUT2D eigenvalue weighted by Crippen LogP contribution is 2.46. The molecule has 6 nitrogen and oxygen atoms in total. The second kappa shape index (κ2) is 20.0. The fraction of sp³-hybridized carbons (Fsp3) is 0.132. The number of nitrogens with zero attached hydrogens (tertiary/aromatic N) is 6. The fourth-order valence-corrected chi connectivity index (χ4v) is 14.0. The molecule has 0 fully saturated rings. The predicted octanol–water partition coefficient (Wildman–Crippen LogP) is 14.0. The second-order valence-electron chi connectivity index (χ2n) is 20.0. The highest BCUT2D eigenvalue weighted by molar-refractivity contribution is 7.29. The molecule has 13 rings (SSSR count). The van der Waals surface area contributed by atoms with Crippen molar-refractivity contribution in [1.82, 2.24) is 19.5 Å². The molecule has 0 saturated heterocycles. The standard InChI is InChI=1S/C68H56N6S2/c1-44-46(26-17-29-53(44)58-32-13-15-38-72(58)3)34-36-56(52-28-19-30-54(45(52)2)59-33-14-16-39-73(59)4)63-43-65-64(76-63)42-62(75-65)51-35-37-60-57(40-51)55-31-18-27-47-20-11-12-25-50(47)41-61(55)74(60)68-70-66(48-21-7-5-8-22-48)69-67(71-68)49-23-9-6-10-24-49/h5-17,19-30,32-33,35,37-43,56H,18,31,34,36H2,1-4H3/q+2. The summed E-state index contributed by atoms with van der Waals surface area (Å²) in [5.74, 6) is 2.11. The van der Waals surface area contributed by atoms with E-state index in [0.717, 1.165) is 48.0 Å². The van der Waals surface area contributed by atoms with Gasteiger partial charge in [-0.15, -0.1) is 22.7 Å². The van der Waals surface area contributed by atoms with Crippen LogP contribution in [0.25, 0.3) is 94.1 Å². The highest BCUT2D eigenvalue weighted by Gasteiger charge is 2.26. The van der Waals surface area contributed by atoms with Gasteiger partial charge in [-0.2, -0.15) is 9.97 Å². The number of aryl methyl sites for hydroxylation is 4. The topological polar surface area (TPSA) is 51.4 Å². The Labute approximate surface area is 451 Å². The van der Waals surface area contributed by atoms with Gasteiger partial charge in [-0.25, -0.2) is 14.1 Å². The summed E-state index contributed by atoms with van der Waals surface area (Å²) in [6.07, 6.45) is 12.8. The number of benzene rings is 6. The van der Waals surface area contributed by atoms with Crippen LogP contribution in [0.15, 0.2) is 200 Å². The summed E-state index contributed by atoms with van der Waals surface area (Å²) in [6, 6.07) is 67.9. The van der Waals surface area contributed by atoms with Crippen molar-refractivity contribution >= 4 is 55.1 Å². The normalized spacial score (nSPS) is 12.6. The van der Waals surface area contributed by atoms with Crippen molar-refractivity contribution in [2.45, 2.75) is 45.4 Å². The first-order valence-corrected chi connectivity index (χ1v) is 27.9. The zero-order valence-electron chi connectivity index (χ0n) is 43.1. The highest BCUT2D eigenvalue weighted by atomic mass is 32.1. The van der Waals surface area contributed by atoms with E-state index < -0.39 is 0 Å². The molecule has 1 atom stereocenters. The van der Waals surface area contributed by atoms with Gasteiger partial charge in [0.25, 0.3) is 0 Å². The van der Waals surface area contributed by atoms with Crippen molar-refractivity contribution in [3.05, 3.63) is 249 Å². The molecular weight excluding hydrogens is 965 g/mol.